The van der Waals surface area contributed by atoms with E-state index in [4.69, 9.17) is 22.1 Å². The summed E-state index contributed by atoms with van der Waals surface area (Å²) in [5.74, 6) is -0.547. The molecule has 1 aromatic carbocycles. The number of carbonyl (C=O) groups is 1. The highest BCUT2D eigenvalue weighted by Crippen LogP contribution is 2.29. The van der Waals surface area contributed by atoms with Gasteiger partial charge in [0.05, 0.1) is 28.6 Å². The van der Waals surface area contributed by atoms with Crippen molar-refractivity contribution in [2.45, 2.75) is 13.8 Å². The fourth-order valence-corrected chi connectivity index (χ4v) is 2.65. The van der Waals surface area contributed by atoms with E-state index in [0.717, 1.165) is 0 Å². The first-order valence-electron chi connectivity index (χ1n) is 6.51. The van der Waals surface area contributed by atoms with E-state index in [1.54, 1.807) is 13.8 Å². The summed E-state index contributed by atoms with van der Waals surface area (Å²) in [6, 6.07) is 2.93. The second-order valence-corrected chi connectivity index (χ2v) is 7.19. The average Bonchev–Trinajstić information content (AvgIpc) is 2.41. The van der Waals surface area contributed by atoms with Gasteiger partial charge in [-0.3, -0.25) is 0 Å². The molecule has 0 spiro atoms. The van der Waals surface area contributed by atoms with Crippen LogP contribution in [-0.2, 0) is 14.6 Å². The number of hydrogen-bond donors (Lipinski definition) is 2. The molecule has 0 unspecified atom stereocenters. The third-order valence-corrected chi connectivity index (χ3v) is 4.77. The zero-order valence-electron chi connectivity index (χ0n) is 12.0. The first-order valence-corrected chi connectivity index (χ1v) is 8.71. The molecule has 3 N–H and O–H groups in total. The van der Waals surface area contributed by atoms with Gasteiger partial charge in [-0.2, -0.15) is 0 Å². The number of halogens is 1. The molecular weight excluding hydrogens is 316 g/mol. The Morgan fingerprint density at radius 2 is 2.05 bits per heavy atom. The van der Waals surface area contributed by atoms with Crippen molar-refractivity contribution in [3.63, 3.8) is 0 Å². The van der Waals surface area contributed by atoms with Crippen molar-refractivity contribution in [3.8, 4) is 0 Å². The SMILES string of the molecule is CCOC(=O)c1cc(N)cc(Cl)c1NCCS(=O)(=O)CC. The maximum atomic E-state index is 11.9. The van der Waals surface area contributed by atoms with Crippen LogP contribution in [0.15, 0.2) is 12.1 Å². The van der Waals surface area contributed by atoms with E-state index >= 15 is 0 Å². The van der Waals surface area contributed by atoms with Gasteiger partial charge in [0, 0.05) is 18.0 Å². The molecule has 0 bridgehead atoms. The Labute approximate surface area is 129 Å². The quantitative estimate of drug-likeness (QED) is 0.584. The molecule has 118 valence electrons. The highest BCUT2D eigenvalue weighted by Gasteiger charge is 2.17. The van der Waals surface area contributed by atoms with Crippen molar-refractivity contribution in [2.24, 2.45) is 0 Å². The van der Waals surface area contributed by atoms with Gasteiger partial charge in [0.15, 0.2) is 9.84 Å². The third kappa shape index (κ3) is 5.09. The monoisotopic (exact) mass is 334 g/mol. The van der Waals surface area contributed by atoms with Crippen LogP contribution < -0.4 is 11.1 Å². The Bertz CT molecular complexity index is 617. The summed E-state index contributed by atoms with van der Waals surface area (Å²) in [7, 11) is -3.10. The van der Waals surface area contributed by atoms with E-state index in [-0.39, 0.29) is 35.2 Å². The van der Waals surface area contributed by atoms with E-state index < -0.39 is 15.8 Å². The van der Waals surface area contributed by atoms with E-state index in [0.29, 0.717) is 11.4 Å². The number of sulfone groups is 1. The zero-order chi connectivity index (χ0) is 16.0. The molecule has 21 heavy (non-hydrogen) atoms. The molecular formula is C13H19ClN2O4S. The molecule has 0 atom stereocenters. The first kappa shape index (κ1) is 17.6. The number of anilines is 2. The summed E-state index contributed by atoms with van der Waals surface area (Å²) in [4.78, 5) is 11.9. The number of ether oxygens (including phenoxy) is 1. The van der Waals surface area contributed by atoms with Gasteiger partial charge < -0.3 is 15.8 Å². The molecule has 1 aromatic rings. The van der Waals surface area contributed by atoms with Gasteiger partial charge in [-0.25, -0.2) is 13.2 Å². The molecule has 0 heterocycles. The van der Waals surface area contributed by atoms with Crippen molar-refractivity contribution in [1.29, 1.82) is 0 Å². The summed E-state index contributed by atoms with van der Waals surface area (Å²) < 4.78 is 27.9. The van der Waals surface area contributed by atoms with E-state index in [9.17, 15) is 13.2 Å². The van der Waals surface area contributed by atoms with Crippen LogP contribution in [0.3, 0.4) is 0 Å². The van der Waals surface area contributed by atoms with Gasteiger partial charge in [0.1, 0.15) is 0 Å². The number of nitrogen functional groups attached to an aromatic ring is 1. The highest BCUT2D eigenvalue weighted by atomic mass is 35.5. The summed E-state index contributed by atoms with van der Waals surface area (Å²) in [5, 5.41) is 3.11. The third-order valence-electron chi connectivity index (χ3n) is 2.76. The Hall–Kier alpha value is -1.47. The largest absolute Gasteiger partial charge is 0.462 e. The second kappa shape index (κ2) is 7.51. The van der Waals surface area contributed by atoms with Gasteiger partial charge >= 0.3 is 5.97 Å². The van der Waals surface area contributed by atoms with Crippen molar-refractivity contribution in [3.05, 3.63) is 22.7 Å². The fourth-order valence-electron chi connectivity index (χ4n) is 1.65. The maximum Gasteiger partial charge on any atom is 0.340 e. The van der Waals surface area contributed by atoms with Gasteiger partial charge in [-0.1, -0.05) is 18.5 Å². The van der Waals surface area contributed by atoms with Crippen LogP contribution in [0.2, 0.25) is 5.02 Å². The number of esters is 1. The number of benzene rings is 1. The van der Waals surface area contributed by atoms with Gasteiger partial charge in [-0.15, -0.1) is 0 Å². The first-order chi connectivity index (χ1) is 9.80. The van der Waals surface area contributed by atoms with E-state index in [1.807, 2.05) is 0 Å². The van der Waals surface area contributed by atoms with Crippen molar-refractivity contribution < 1.29 is 17.9 Å². The molecule has 0 aliphatic rings. The minimum absolute atomic E-state index is 0.0491. The average molecular weight is 335 g/mol. The lowest BCUT2D eigenvalue weighted by atomic mass is 10.1. The lowest BCUT2D eigenvalue weighted by Crippen LogP contribution is -2.19. The predicted octanol–water partition coefficient (Wildman–Crippen LogP) is 1.95. The van der Waals surface area contributed by atoms with Crippen LogP contribution in [0.4, 0.5) is 11.4 Å². The molecule has 0 saturated carbocycles. The molecule has 0 saturated heterocycles. The summed E-state index contributed by atoms with van der Waals surface area (Å²) >= 11 is 6.06. The molecule has 0 amide bonds. The Balaban J connectivity index is 2.97. The van der Waals surface area contributed by atoms with Crippen LogP contribution in [-0.4, -0.2) is 39.0 Å². The summed E-state index contributed by atoms with van der Waals surface area (Å²) in [6.45, 7) is 3.63. The van der Waals surface area contributed by atoms with Crippen LogP contribution in [0.5, 0.6) is 0 Å². The predicted molar refractivity (Wildman–Crippen MR) is 84.6 cm³/mol. The number of nitrogens with two attached hydrogens (primary N) is 1. The van der Waals surface area contributed by atoms with Crippen molar-refractivity contribution >= 4 is 38.8 Å². The van der Waals surface area contributed by atoms with Gasteiger partial charge in [0.25, 0.3) is 0 Å². The van der Waals surface area contributed by atoms with Crippen molar-refractivity contribution in [2.75, 3.05) is 35.7 Å². The Morgan fingerprint density at radius 3 is 2.62 bits per heavy atom. The minimum atomic E-state index is -3.10. The molecule has 8 heteroatoms. The highest BCUT2D eigenvalue weighted by molar-refractivity contribution is 7.91. The standard InChI is InChI=1S/C13H19ClN2O4S/c1-3-20-13(17)10-7-9(15)8-11(14)12(10)16-5-6-21(18,19)4-2/h7-8,16H,3-6,15H2,1-2H3. The molecule has 1 rings (SSSR count). The minimum Gasteiger partial charge on any atom is -0.462 e. The lowest BCUT2D eigenvalue weighted by molar-refractivity contribution is 0.0527. The van der Waals surface area contributed by atoms with Gasteiger partial charge in [-0.05, 0) is 19.1 Å². The fraction of sp³-hybridized carbons (Fsp3) is 0.462. The number of carbonyl (C=O) groups excluding carboxylic acids is 1. The Kier molecular flexibility index (Phi) is 6.29. The Morgan fingerprint density at radius 1 is 1.38 bits per heavy atom. The van der Waals surface area contributed by atoms with Gasteiger partial charge in [0.2, 0.25) is 0 Å². The van der Waals surface area contributed by atoms with Crippen LogP contribution in [0.25, 0.3) is 0 Å². The summed E-state index contributed by atoms with van der Waals surface area (Å²) in [5.41, 5.74) is 6.51. The normalized spacial score (nSPS) is 11.2. The summed E-state index contributed by atoms with van der Waals surface area (Å²) in [6.07, 6.45) is 0. The molecule has 0 aromatic heterocycles. The molecule has 6 nitrogen and oxygen atoms in total. The second-order valence-electron chi connectivity index (χ2n) is 4.31. The van der Waals surface area contributed by atoms with E-state index in [2.05, 4.69) is 5.32 Å². The van der Waals surface area contributed by atoms with Crippen LogP contribution in [0, 0.1) is 0 Å². The number of hydrogen-bond acceptors (Lipinski definition) is 6. The van der Waals surface area contributed by atoms with Crippen LogP contribution in [0.1, 0.15) is 24.2 Å². The molecule has 0 aliphatic carbocycles. The maximum absolute atomic E-state index is 11.9. The van der Waals surface area contributed by atoms with E-state index in [1.165, 1.54) is 12.1 Å². The molecule has 0 radical (unpaired) electrons. The molecule has 0 fully saturated rings. The lowest BCUT2D eigenvalue weighted by Gasteiger charge is -2.14. The number of rotatable bonds is 7. The van der Waals surface area contributed by atoms with Crippen molar-refractivity contribution in [1.82, 2.24) is 0 Å². The molecule has 0 aliphatic heterocycles. The number of nitrogens with one attached hydrogen (secondary N) is 1. The topological polar surface area (TPSA) is 98.5 Å². The smallest absolute Gasteiger partial charge is 0.340 e. The zero-order valence-corrected chi connectivity index (χ0v) is 13.6. The van der Waals surface area contributed by atoms with Crippen LogP contribution >= 0.6 is 11.6 Å².